The Hall–Kier alpha value is 0.230. The Morgan fingerprint density at radius 2 is 1.89 bits per heavy atom. The van der Waals surface area contributed by atoms with Crippen molar-refractivity contribution in [1.82, 2.24) is 10.2 Å². The van der Waals surface area contributed by atoms with Gasteiger partial charge in [0.1, 0.15) is 6.23 Å². The first-order chi connectivity index (χ1) is 8.78. The van der Waals surface area contributed by atoms with E-state index in [2.05, 4.69) is 30.3 Å². The van der Waals surface area contributed by atoms with E-state index in [0.29, 0.717) is 0 Å². The fraction of sp³-hybridized carbons (Fsp3) is 1.00. The number of methoxy groups -OCH3 is 1. The highest BCUT2D eigenvalue weighted by Crippen LogP contribution is 2.01. The van der Waals surface area contributed by atoms with Crippen molar-refractivity contribution < 1.29 is 4.74 Å². The standard InChI is InChI=1S/C14H32N2OS/c1-5-14(17-3)15-10-7-8-11-16(6-2)12-9-13-18-4/h14-15H,5-13H2,1-4H3. The first-order valence-corrected chi connectivity index (χ1v) is 8.65. The lowest BCUT2D eigenvalue weighted by molar-refractivity contribution is 0.0706. The summed E-state index contributed by atoms with van der Waals surface area (Å²) in [6, 6.07) is 0. The first kappa shape index (κ1) is 18.2. The highest BCUT2D eigenvalue weighted by molar-refractivity contribution is 7.98. The van der Waals surface area contributed by atoms with Gasteiger partial charge in [-0.05, 0) is 63.9 Å². The molecule has 0 heterocycles. The minimum Gasteiger partial charge on any atom is -0.367 e. The van der Waals surface area contributed by atoms with E-state index < -0.39 is 0 Å². The number of unbranched alkanes of at least 4 members (excludes halogenated alkanes) is 1. The van der Waals surface area contributed by atoms with Crippen LogP contribution in [0, 0.1) is 0 Å². The van der Waals surface area contributed by atoms with Crippen LogP contribution >= 0.6 is 11.8 Å². The Labute approximate surface area is 118 Å². The normalized spacial score (nSPS) is 13.2. The lowest BCUT2D eigenvalue weighted by Crippen LogP contribution is -2.31. The van der Waals surface area contributed by atoms with Gasteiger partial charge in [-0.3, -0.25) is 5.32 Å². The summed E-state index contributed by atoms with van der Waals surface area (Å²) in [5.74, 6) is 1.28. The van der Waals surface area contributed by atoms with Crippen molar-refractivity contribution in [3.05, 3.63) is 0 Å². The van der Waals surface area contributed by atoms with Gasteiger partial charge < -0.3 is 9.64 Å². The lowest BCUT2D eigenvalue weighted by Gasteiger charge is -2.20. The number of nitrogens with one attached hydrogen (secondary N) is 1. The van der Waals surface area contributed by atoms with E-state index in [1.807, 2.05) is 11.8 Å². The number of thioether (sulfide) groups is 1. The molecule has 1 unspecified atom stereocenters. The van der Waals surface area contributed by atoms with Crippen LogP contribution in [0.5, 0.6) is 0 Å². The zero-order valence-electron chi connectivity index (χ0n) is 12.7. The second-order valence-corrected chi connectivity index (χ2v) is 5.56. The van der Waals surface area contributed by atoms with E-state index >= 15 is 0 Å². The number of hydrogen-bond acceptors (Lipinski definition) is 4. The summed E-state index contributed by atoms with van der Waals surface area (Å²) in [4.78, 5) is 2.56. The van der Waals surface area contributed by atoms with Crippen molar-refractivity contribution in [3.8, 4) is 0 Å². The molecule has 0 bridgehead atoms. The molecule has 0 rings (SSSR count). The van der Waals surface area contributed by atoms with Crippen LogP contribution in [0.2, 0.25) is 0 Å². The van der Waals surface area contributed by atoms with Gasteiger partial charge in [-0.25, -0.2) is 0 Å². The average molecular weight is 276 g/mol. The number of ether oxygens (including phenoxy) is 1. The summed E-state index contributed by atoms with van der Waals surface area (Å²) in [6.45, 7) is 9.13. The van der Waals surface area contributed by atoms with Crippen molar-refractivity contribution in [2.45, 2.75) is 45.8 Å². The number of rotatable bonds is 13. The molecule has 0 aromatic carbocycles. The van der Waals surface area contributed by atoms with Crippen LogP contribution in [0.25, 0.3) is 0 Å². The van der Waals surface area contributed by atoms with Gasteiger partial charge in [-0.15, -0.1) is 0 Å². The summed E-state index contributed by atoms with van der Waals surface area (Å²) >= 11 is 1.94. The van der Waals surface area contributed by atoms with Crippen molar-refractivity contribution in [3.63, 3.8) is 0 Å². The van der Waals surface area contributed by atoms with Crippen molar-refractivity contribution in [1.29, 1.82) is 0 Å². The van der Waals surface area contributed by atoms with Gasteiger partial charge in [0.2, 0.25) is 0 Å². The zero-order chi connectivity index (χ0) is 13.6. The third kappa shape index (κ3) is 10.2. The summed E-state index contributed by atoms with van der Waals surface area (Å²) < 4.78 is 5.29. The molecule has 0 amide bonds. The molecular weight excluding hydrogens is 244 g/mol. The maximum atomic E-state index is 5.29. The number of hydrogen-bond donors (Lipinski definition) is 1. The van der Waals surface area contributed by atoms with Gasteiger partial charge >= 0.3 is 0 Å². The van der Waals surface area contributed by atoms with E-state index in [1.54, 1.807) is 7.11 Å². The van der Waals surface area contributed by atoms with Gasteiger partial charge in [0.15, 0.2) is 0 Å². The van der Waals surface area contributed by atoms with Gasteiger partial charge in [-0.1, -0.05) is 13.8 Å². The molecule has 0 spiro atoms. The SMILES string of the molecule is CCC(NCCCCN(CC)CCCSC)OC. The monoisotopic (exact) mass is 276 g/mol. The molecule has 4 heteroatoms. The van der Waals surface area contributed by atoms with Crippen LogP contribution in [0.3, 0.4) is 0 Å². The van der Waals surface area contributed by atoms with Crippen molar-refractivity contribution in [2.24, 2.45) is 0 Å². The van der Waals surface area contributed by atoms with Crippen molar-refractivity contribution >= 4 is 11.8 Å². The second-order valence-electron chi connectivity index (χ2n) is 4.57. The maximum absolute atomic E-state index is 5.29. The molecule has 0 aliphatic carbocycles. The highest BCUT2D eigenvalue weighted by atomic mass is 32.2. The Kier molecular flexibility index (Phi) is 13.8. The summed E-state index contributed by atoms with van der Waals surface area (Å²) in [5.41, 5.74) is 0. The van der Waals surface area contributed by atoms with Gasteiger partial charge in [0, 0.05) is 7.11 Å². The molecule has 0 fully saturated rings. The molecule has 3 nitrogen and oxygen atoms in total. The van der Waals surface area contributed by atoms with Crippen LogP contribution in [0.1, 0.15) is 39.5 Å². The topological polar surface area (TPSA) is 24.5 Å². The maximum Gasteiger partial charge on any atom is 0.107 e. The predicted octanol–water partition coefficient (Wildman–Crippen LogP) is 2.81. The van der Waals surface area contributed by atoms with E-state index in [1.165, 1.54) is 44.6 Å². The minimum atomic E-state index is 0.230. The third-order valence-corrected chi connectivity index (χ3v) is 3.90. The summed E-state index contributed by atoms with van der Waals surface area (Å²) in [5, 5.41) is 3.42. The molecule has 110 valence electrons. The molecule has 1 N–H and O–H groups in total. The third-order valence-electron chi connectivity index (χ3n) is 3.20. The van der Waals surface area contributed by atoms with Gasteiger partial charge in [0.25, 0.3) is 0 Å². The van der Waals surface area contributed by atoms with E-state index in [0.717, 1.165) is 13.0 Å². The summed E-state index contributed by atoms with van der Waals surface area (Å²) in [6.07, 6.45) is 7.27. The Morgan fingerprint density at radius 3 is 2.44 bits per heavy atom. The van der Waals surface area contributed by atoms with E-state index in [-0.39, 0.29) is 6.23 Å². The Bertz CT molecular complexity index is 166. The molecule has 0 aromatic rings. The Balaban J connectivity index is 3.44. The lowest BCUT2D eigenvalue weighted by atomic mass is 10.2. The van der Waals surface area contributed by atoms with Crippen LogP contribution < -0.4 is 5.32 Å². The second kappa shape index (κ2) is 13.7. The fourth-order valence-corrected chi connectivity index (χ4v) is 2.40. The van der Waals surface area contributed by atoms with Crippen molar-refractivity contribution in [2.75, 3.05) is 45.3 Å². The van der Waals surface area contributed by atoms with Crippen LogP contribution in [-0.4, -0.2) is 56.4 Å². The fourth-order valence-electron chi connectivity index (χ4n) is 1.98. The van der Waals surface area contributed by atoms with Gasteiger partial charge in [0.05, 0.1) is 0 Å². The molecule has 0 aliphatic rings. The van der Waals surface area contributed by atoms with Crippen LogP contribution in [0.4, 0.5) is 0 Å². The summed E-state index contributed by atoms with van der Waals surface area (Å²) in [7, 11) is 1.77. The molecule has 0 saturated carbocycles. The molecule has 0 aliphatic heterocycles. The van der Waals surface area contributed by atoms with E-state index in [4.69, 9.17) is 4.74 Å². The molecule has 0 saturated heterocycles. The number of nitrogens with zero attached hydrogens (tertiary/aromatic N) is 1. The quantitative estimate of drug-likeness (QED) is 0.413. The molecule has 0 aromatic heterocycles. The largest absolute Gasteiger partial charge is 0.367 e. The predicted molar refractivity (Wildman–Crippen MR) is 83.4 cm³/mol. The minimum absolute atomic E-state index is 0.230. The molecule has 0 radical (unpaired) electrons. The highest BCUT2D eigenvalue weighted by Gasteiger charge is 2.03. The molecule has 18 heavy (non-hydrogen) atoms. The average Bonchev–Trinajstić information content (AvgIpc) is 2.41. The van der Waals surface area contributed by atoms with Gasteiger partial charge in [-0.2, -0.15) is 11.8 Å². The first-order valence-electron chi connectivity index (χ1n) is 7.25. The van der Waals surface area contributed by atoms with Crippen LogP contribution in [-0.2, 0) is 4.74 Å². The molecular formula is C14H32N2OS. The van der Waals surface area contributed by atoms with E-state index in [9.17, 15) is 0 Å². The van der Waals surface area contributed by atoms with Crippen LogP contribution in [0.15, 0.2) is 0 Å². The zero-order valence-corrected chi connectivity index (χ0v) is 13.5. The Morgan fingerprint density at radius 1 is 1.17 bits per heavy atom. The smallest absolute Gasteiger partial charge is 0.107 e. The molecule has 1 atom stereocenters.